The van der Waals surface area contributed by atoms with Gasteiger partial charge in [-0.15, -0.1) is 0 Å². The van der Waals surface area contributed by atoms with Crippen LogP contribution in [0.2, 0.25) is 0 Å². The molecule has 158 valence electrons. The van der Waals surface area contributed by atoms with Crippen LogP contribution in [0.25, 0.3) is 22.6 Å². The summed E-state index contributed by atoms with van der Waals surface area (Å²) in [7, 11) is 0. The lowest BCUT2D eigenvalue weighted by Gasteiger charge is -2.11. The standard InChI is InChI=1S/C26H19NO3S2/c1-15-7-3-5-9-23(15)31-25-11-17-21(13-19(25)28)30-22-14-20(29)26(12-18(22)27-17)32-24-10-6-4-8-16(24)2/h3-14,28H,1-2H3. The number of fused-ring (bicyclic) bond motifs is 2. The van der Waals surface area contributed by atoms with Crippen LogP contribution in [0.4, 0.5) is 0 Å². The molecule has 0 amide bonds. The molecule has 0 unspecified atom stereocenters. The van der Waals surface area contributed by atoms with Gasteiger partial charge >= 0.3 is 0 Å². The number of hydrogen-bond acceptors (Lipinski definition) is 6. The first-order valence-corrected chi connectivity index (χ1v) is 11.7. The van der Waals surface area contributed by atoms with Gasteiger partial charge in [-0.05, 0) is 49.2 Å². The molecule has 0 atom stereocenters. The Bertz CT molecular complexity index is 1490. The number of phenolic OH excluding ortho intramolecular Hbond substituents is 1. The number of phenols is 1. The maximum atomic E-state index is 12.7. The summed E-state index contributed by atoms with van der Waals surface area (Å²) in [6, 6.07) is 22.6. The Kier molecular flexibility index (Phi) is 5.41. The normalized spacial score (nSPS) is 11.3. The summed E-state index contributed by atoms with van der Waals surface area (Å²) in [6.07, 6.45) is 0. The Morgan fingerprint density at radius 3 is 2.06 bits per heavy atom. The van der Waals surface area contributed by atoms with Crippen molar-refractivity contribution in [2.45, 2.75) is 33.4 Å². The molecule has 0 saturated carbocycles. The van der Waals surface area contributed by atoms with Crippen molar-refractivity contribution in [1.82, 2.24) is 4.98 Å². The van der Waals surface area contributed by atoms with Gasteiger partial charge in [-0.2, -0.15) is 0 Å². The van der Waals surface area contributed by atoms with Crippen molar-refractivity contribution in [3.05, 3.63) is 94.1 Å². The molecule has 1 heterocycles. The van der Waals surface area contributed by atoms with Gasteiger partial charge in [0.05, 0.1) is 9.79 Å². The van der Waals surface area contributed by atoms with Gasteiger partial charge in [0.15, 0.2) is 16.8 Å². The van der Waals surface area contributed by atoms with E-state index in [1.54, 1.807) is 12.1 Å². The molecule has 0 bridgehead atoms. The van der Waals surface area contributed by atoms with E-state index >= 15 is 0 Å². The van der Waals surface area contributed by atoms with Crippen LogP contribution in [-0.4, -0.2) is 10.1 Å². The highest BCUT2D eigenvalue weighted by molar-refractivity contribution is 7.99. The molecule has 1 N–H and O–H groups in total. The number of aryl methyl sites for hydroxylation is 2. The average molecular weight is 458 g/mol. The molecule has 0 radical (unpaired) electrons. The van der Waals surface area contributed by atoms with Gasteiger partial charge < -0.3 is 9.52 Å². The monoisotopic (exact) mass is 457 g/mol. The fraction of sp³-hybridized carbons (Fsp3) is 0.0769. The quantitative estimate of drug-likeness (QED) is 0.296. The second kappa shape index (κ2) is 8.37. The van der Waals surface area contributed by atoms with Crippen molar-refractivity contribution in [2.75, 3.05) is 0 Å². The minimum absolute atomic E-state index is 0.115. The van der Waals surface area contributed by atoms with Crippen LogP contribution in [0.1, 0.15) is 11.1 Å². The maximum absolute atomic E-state index is 12.7. The molecule has 0 fully saturated rings. The smallest absolute Gasteiger partial charge is 0.196 e. The summed E-state index contributed by atoms with van der Waals surface area (Å²) in [5.41, 5.74) is 3.78. The molecule has 3 aromatic carbocycles. The molecule has 4 nitrogen and oxygen atoms in total. The molecule has 6 heteroatoms. The maximum Gasteiger partial charge on any atom is 0.196 e. The van der Waals surface area contributed by atoms with Gasteiger partial charge in [0.2, 0.25) is 0 Å². The summed E-state index contributed by atoms with van der Waals surface area (Å²) in [6.45, 7) is 4.06. The zero-order valence-corrected chi connectivity index (χ0v) is 19.1. The zero-order chi connectivity index (χ0) is 22.2. The van der Waals surface area contributed by atoms with Crippen LogP contribution in [0.15, 0.2) is 102 Å². The highest BCUT2D eigenvalue weighted by Gasteiger charge is 2.16. The second-order valence-electron chi connectivity index (χ2n) is 7.50. The number of hydrogen-bond donors (Lipinski definition) is 1. The van der Waals surface area contributed by atoms with E-state index in [1.807, 2.05) is 68.4 Å². The average Bonchev–Trinajstić information content (AvgIpc) is 2.77. The predicted molar refractivity (Wildman–Crippen MR) is 129 cm³/mol. The number of aromatic hydroxyl groups is 1. The Labute approximate surface area is 193 Å². The number of aromatic nitrogens is 1. The fourth-order valence-electron chi connectivity index (χ4n) is 3.40. The van der Waals surface area contributed by atoms with E-state index in [1.165, 1.54) is 29.6 Å². The topological polar surface area (TPSA) is 63.3 Å². The summed E-state index contributed by atoms with van der Waals surface area (Å²) in [4.78, 5) is 20.8. The molecule has 0 aromatic heterocycles. The van der Waals surface area contributed by atoms with Crippen molar-refractivity contribution in [3.8, 4) is 17.2 Å². The van der Waals surface area contributed by atoms with E-state index in [0.717, 1.165) is 20.9 Å². The van der Waals surface area contributed by atoms with Gasteiger partial charge in [-0.3, -0.25) is 4.79 Å². The summed E-state index contributed by atoms with van der Waals surface area (Å²) >= 11 is 2.92. The van der Waals surface area contributed by atoms with Gasteiger partial charge in [-0.1, -0.05) is 59.9 Å². The molecule has 1 aliphatic heterocycles. The van der Waals surface area contributed by atoms with E-state index in [4.69, 9.17) is 9.40 Å². The first-order chi connectivity index (χ1) is 15.5. The van der Waals surface area contributed by atoms with Crippen molar-refractivity contribution >= 4 is 34.6 Å². The Balaban J connectivity index is 1.58. The highest BCUT2D eigenvalue weighted by Crippen LogP contribution is 2.39. The van der Waals surface area contributed by atoms with Gasteiger partial charge in [-0.25, -0.2) is 4.98 Å². The molecule has 0 spiro atoms. The SMILES string of the molecule is Cc1ccccc1Sc1cc2nc3cc(Sc4ccccc4C)c(=O)cc-3oc2cc1O. The van der Waals surface area contributed by atoms with E-state index in [9.17, 15) is 9.90 Å². The molecule has 2 aliphatic rings. The van der Waals surface area contributed by atoms with Crippen molar-refractivity contribution in [1.29, 1.82) is 0 Å². The highest BCUT2D eigenvalue weighted by atomic mass is 32.2. The molecular weight excluding hydrogens is 438 g/mol. The van der Waals surface area contributed by atoms with E-state index in [2.05, 4.69) is 0 Å². The molecule has 1 aliphatic carbocycles. The van der Waals surface area contributed by atoms with Crippen LogP contribution >= 0.6 is 23.5 Å². The lowest BCUT2D eigenvalue weighted by Crippen LogP contribution is -2.05. The number of rotatable bonds is 4. The lowest BCUT2D eigenvalue weighted by atomic mass is 10.2. The summed E-state index contributed by atoms with van der Waals surface area (Å²) in [5.74, 6) is 0.514. The van der Waals surface area contributed by atoms with Crippen LogP contribution < -0.4 is 5.43 Å². The first-order valence-electron chi connectivity index (χ1n) is 10.1. The summed E-state index contributed by atoms with van der Waals surface area (Å²) in [5, 5.41) is 10.5. The lowest BCUT2D eigenvalue weighted by molar-refractivity contribution is 0.461. The van der Waals surface area contributed by atoms with Gasteiger partial charge in [0.25, 0.3) is 0 Å². The van der Waals surface area contributed by atoms with Gasteiger partial charge in [0.1, 0.15) is 17.0 Å². The van der Waals surface area contributed by atoms with Crippen LogP contribution in [0.5, 0.6) is 5.75 Å². The first kappa shape index (κ1) is 20.7. The van der Waals surface area contributed by atoms with Crippen molar-refractivity contribution in [2.24, 2.45) is 0 Å². The third kappa shape index (κ3) is 3.99. The summed E-state index contributed by atoms with van der Waals surface area (Å²) < 4.78 is 5.92. The van der Waals surface area contributed by atoms with Crippen LogP contribution in [0.3, 0.4) is 0 Å². The molecule has 32 heavy (non-hydrogen) atoms. The number of benzene rings is 4. The van der Waals surface area contributed by atoms with Gasteiger partial charge in [0, 0.05) is 21.9 Å². The Morgan fingerprint density at radius 2 is 1.41 bits per heavy atom. The minimum Gasteiger partial charge on any atom is -0.507 e. The third-order valence-corrected chi connectivity index (χ3v) is 7.60. The van der Waals surface area contributed by atoms with Crippen molar-refractivity contribution in [3.63, 3.8) is 0 Å². The second-order valence-corrected chi connectivity index (χ2v) is 9.67. The van der Waals surface area contributed by atoms with Crippen LogP contribution in [0, 0.1) is 13.8 Å². The van der Waals surface area contributed by atoms with Crippen LogP contribution in [-0.2, 0) is 0 Å². The Hall–Kier alpha value is -3.22. The number of nitrogens with zero attached hydrogens (tertiary/aromatic N) is 1. The van der Waals surface area contributed by atoms with E-state index < -0.39 is 0 Å². The molecule has 3 aromatic rings. The predicted octanol–water partition coefficient (Wildman–Crippen LogP) is 6.92. The molecular formula is C26H19NO3S2. The molecule has 5 rings (SSSR count). The van der Waals surface area contributed by atoms with E-state index in [0.29, 0.717) is 32.3 Å². The zero-order valence-electron chi connectivity index (χ0n) is 17.5. The third-order valence-electron chi connectivity index (χ3n) is 5.15. The van der Waals surface area contributed by atoms with Crippen molar-refractivity contribution < 1.29 is 9.52 Å². The fourth-order valence-corrected chi connectivity index (χ4v) is 5.29. The minimum atomic E-state index is -0.119. The largest absolute Gasteiger partial charge is 0.507 e. The Morgan fingerprint density at radius 1 is 0.781 bits per heavy atom. The van der Waals surface area contributed by atoms with E-state index in [-0.39, 0.29) is 11.2 Å². The molecule has 0 saturated heterocycles.